The molecule has 0 unspecified atom stereocenters. The van der Waals surface area contributed by atoms with Gasteiger partial charge in [0.25, 0.3) is 5.56 Å². The molecule has 162 valence electrons. The first-order chi connectivity index (χ1) is 15.7. The zero-order chi connectivity index (χ0) is 22.2. The summed E-state index contributed by atoms with van der Waals surface area (Å²) >= 11 is 0. The molecule has 0 spiro atoms. The number of aryl methyl sites for hydroxylation is 1. The average molecular weight is 428 g/mol. The summed E-state index contributed by atoms with van der Waals surface area (Å²) in [7, 11) is 0. The summed E-state index contributed by atoms with van der Waals surface area (Å²) in [5.74, 6) is 0.679. The van der Waals surface area contributed by atoms with Gasteiger partial charge in [0, 0.05) is 13.0 Å². The molecule has 4 aromatic rings. The van der Waals surface area contributed by atoms with Gasteiger partial charge >= 0.3 is 0 Å². The Labute approximate surface area is 185 Å². The van der Waals surface area contributed by atoms with Crippen molar-refractivity contribution in [2.45, 2.75) is 26.0 Å². The van der Waals surface area contributed by atoms with Crippen LogP contribution in [0.3, 0.4) is 0 Å². The van der Waals surface area contributed by atoms with Crippen molar-refractivity contribution in [3.8, 4) is 5.75 Å². The quantitative estimate of drug-likeness (QED) is 0.443. The molecule has 7 nitrogen and oxygen atoms in total. The van der Waals surface area contributed by atoms with E-state index in [1.54, 1.807) is 24.3 Å². The van der Waals surface area contributed by atoms with Gasteiger partial charge in [0.05, 0.1) is 11.9 Å². The van der Waals surface area contributed by atoms with Crippen LogP contribution >= 0.6 is 0 Å². The van der Waals surface area contributed by atoms with Crippen LogP contribution in [0.4, 0.5) is 0 Å². The standard InChI is InChI=1S/C25H24N4O3/c30-24(15-17-29-25(31)22-8-4-5-9-23(22)27-28-29)26-16-14-19-10-12-21(13-11-19)32-18-20-6-2-1-3-7-20/h1-13H,14-18H2,(H,26,30). The maximum Gasteiger partial charge on any atom is 0.277 e. The smallest absolute Gasteiger partial charge is 0.277 e. The van der Waals surface area contributed by atoms with Gasteiger partial charge in [-0.2, -0.15) is 0 Å². The molecule has 0 saturated carbocycles. The van der Waals surface area contributed by atoms with Gasteiger partial charge in [-0.25, -0.2) is 4.68 Å². The molecule has 1 N–H and O–H groups in total. The first-order valence-electron chi connectivity index (χ1n) is 10.5. The van der Waals surface area contributed by atoms with Crippen LogP contribution in [-0.4, -0.2) is 27.4 Å². The lowest BCUT2D eigenvalue weighted by molar-refractivity contribution is -0.121. The lowest BCUT2D eigenvalue weighted by Crippen LogP contribution is -2.30. The van der Waals surface area contributed by atoms with Gasteiger partial charge in [0.1, 0.15) is 17.9 Å². The molecule has 0 aliphatic heterocycles. The van der Waals surface area contributed by atoms with Crippen LogP contribution in [0.25, 0.3) is 10.9 Å². The number of carbonyl (C=O) groups is 1. The highest BCUT2D eigenvalue weighted by Gasteiger charge is 2.07. The van der Waals surface area contributed by atoms with Crippen molar-refractivity contribution in [2.24, 2.45) is 0 Å². The third-order valence-corrected chi connectivity index (χ3v) is 5.09. The molecule has 0 aliphatic rings. The van der Waals surface area contributed by atoms with Crippen molar-refractivity contribution >= 4 is 16.8 Å². The van der Waals surface area contributed by atoms with Gasteiger partial charge in [-0.05, 0) is 41.8 Å². The van der Waals surface area contributed by atoms with E-state index in [0.29, 0.717) is 30.5 Å². The number of amides is 1. The molecule has 0 radical (unpaired) electrons. The van der Waals surface area contributed by atoms with Crippen molar-refractivity contribution < 1.29 is 9.53 Å². The Morgan fingerprint density at radius 2 is 1.66 bits per heavy atom. The fourth-order valence-electron chi connectivity index (χ4n) is 3.31. The molecule has 4 rings (SSSR count). The lowest BCUT2D eigenvalue weighted by atomic mass is 10.1. The van der Waals surface area contributed by atoms with E-state index >= 15 is 0 Å². The summed E-state index contributed by atoms with van der Waals surface area (Å²) < 4.78 is 7.02. The molecule has 7 heteroatoms. The van der Waals surface area contributed by atoms with E-state index in [1.807, 2.05) is 54.6 Å². The second kappa shape index (κ2) is 10.3. The number of nitrogens with one attached hydrogen (secondary N) is 1. The van der Waals surface area contributed by atoms with E-state index in [0.717, 1.165) is 16.9 Å². The number of nitrogens with zero attached hydrogens (tertiary/aromatic N) is 3. The summed E-state index contributed by atoms with van der Waals surface area (Å²) in [4.78, 5) is 24.6. The average Bonchev–Trinajstić information content (AvgIpc) is 2.84. The zero-order valence-corrected chi connectivity index (χ0v) is 17.6. The zero-order valence-electron chi connectivity index (χ0n) is 17.6. The van der Waals surface area contributed by atoms with Crippen molar-refractivity contribution in [1.82, 2.24) is 20.3 Å². The molecule has 1 aromatic heterocycles. The van der Waals surface area contributed by atoms with Gasteiger partial charge in [0.15, 0.2) is 0 Å². The molecular formula is C25H24N4O3. The summed E-state index contributed by atoms with van der Waals surface area (Å²) in [5, 5.41) is 11.3. The van der Waals surface area contributed by atoms with Crippen LogP contribution < -0.4 is 15.6 Å². The Bertz CT molecular complexity index is 1240. The number of hydrogen-bond donors (Lipinski definition) is 1. The van der Waals surface area contributed by atoms with Gasteiger partial charge < -0.3 is 10.1 Å². The molecule has 1 heterocycles. The SMILES string of the molecule is O=C(CCn1nnc2ccccc2c1=O)NCCc1ccc(OCc2ccccc2)cc1. The highest BCUT2D eigenvalue weighted by Crippen LogP contribution is 2.14. The van der Waals surface area contributed by atoms with Gasteiger partial charge in [0.2, 0.25) is 5.91 Å². The molecule has 0 atom stereocenters. The van der Waals surface area contributed by atoms with Crippen LogP contribution in [0.2, 0.25) is 0 Å². The molecule has 3 aromatic carbocycles. The number of carbonyl (C=O) groups excluding carboxylic acids is 1. The van der Waals surface area contributed by atoms with Crippen LogP contribution in [0.5, 0.6) is 5.75 Å². The topological polar surface area (TPSA) is 86.1 Å². The molecular weight excluding hydrogens is 404 g/mol. The van der Waals surface area contributed by atoms with Crippen molar-refractivity contribution in [2.75, 3.05) is 6.54 Å². The Morgan fingerprint density at radius 1 is 0.906 bits per heavy atom. The van der Waals surface area contributed by atoms with Crippen molar-refractivity contribution in [3.05, 3.63) is 100 Å². The minimum atomic E-state index is -0.238. The largest absolute Gasteiger partial charge is 0.489 e. The highest BCUT2D eigenvalue weighted by molar-refractivity contribution is 5.77. The van der Waals surface area contributed by atoms with E-state index in [4.69, 9.17) is 4.74 Å². The van der Waals surface area contributed by atoms with Crippen LogP contribution in [0.15, 0.2) is 83.7 Å². The summed E-state index contributed by atoms with van der Waals surface area (Å²) in [6.45, 7) is 1.23. The fourth-order valence-corrected chi connectivity index (χ4v) is 3.31. The fraction of sp³-hybridized carbons (Fsp3) is 0.200. The number of benzene rings is 3. The molecule has 1 amide bonds. The highest BCUT2D eigenvalue weighted by atomic mass is 16.5. The molecule has 0 fully saturated rings. The van der Waals surface area contributed by atoms with E-state index < -0.39 is 0 Å². The van der Waals surface area contributed by atoms with E-state index in [-0.39, 0.29) is 24.4 Å². The minimum Gasteiger partial charge on any atom is -0.489 e. The Balaban J connectivity index is 1.20. The van der Waals surface area contributed by atoms with Crippen molar-refractivity contribution in [3.63, 3.8) is 0 Å². The number of aromatic nitrogens is 3. The van der Waals surface area contributed by atoms with Gasteiger partial charge in [-0.1, -0.05) is 59.8 Å². The maximum absolute atomic E-state index is 12.4. The van der Waals surface area contributed by atoms with Crippen LogP contribution in [0.1, 0.15) is 17.5 Å². The number of hydrogen-bond acceptors (Lipinski definition) is 5. The van der Waals surface area contributed by atoms with Crippen molar-refractivity contribution in [1.29, 1.82) is 0 Å². The third-order valence-electron chi connectivity index (χ3n) is 5.09. The molecule has 32 heavy (non-hydrogen) atoms. The normalized spacial score (nSPS) is 10.8. The second-order valence-electron chi connectivity index (χ2n) is 7.40. The monoisotopic (exact) mass is 428 g/mol. The first kappa shape index (κ1) is 21.2. The molecule has 0 bridgehead atoms. The van der Waals surface area contributed by atoms with Gasteiger partial charge in [-0.15, -0.1) is 5.10 Å². The predicted octanol–water partition coefficient (Wildman–Crippen LogP) is 3.12. The molecule has 0 saturated heterocycles. The summed E-state index contributed by atoms with van der Waals surface area (Å²) in [6.07, 6.45) is 0.875. The Kier molecular flexibility index (Phi) is 6.87. The van der Waals surface area contributed by atoms with Gasteiger partial charge in [-0.3, -0.25) is 9.59 Å². The minimum absolute atomic E-state index is 0.130. The summed E-state index contributed by atoms with van der Waals surface area (Å²) in [5.41, 5.74) is 2.54. The summed E-state index contributed by atoms with van der Waals surface area (Å²) in [6, 6.07) is 24.9. The molecule has 0 aliphatic carbocycles. The third kappa shape index (κ3) is 5.57. The van der Waals surface area contributed by atoms with E-state index in [2.05, 4.69) is 15.6 Å². The second-order valence-corrected chi connectivity index (χ2v) is 7.40. The Hall–Kier alpha value is -4.00. The first-order valence-corrected chi connectivity index (χ1v) is 10.5. The van der Waals surface area contributed by atoms with Crippen LogP contribution in [0, 0.1) is 0 Å². The number of fused-ring (bicyclic) bond motifs is 1. The Morgan fingerprint density at radius 3 is 2.47 bits per heavy atom. The number of rotatable bonds is 9. The van der Waals surface area contributed by atoms with E-state index in [1.165, 1.54) is 4.68 Å². The van der Waals surface area contributed by atoms with E-state index in [9.17, 15) is 9.59 Å². The predicted molar refractivity (Wildman–Crippen MR) is 122 cm³/mol. The number of ether oxygens (including phenoxy) is 1. The maximum atomic E-state index is 12.4. The lowest BCUT2D eigenvalue weighted by Gasteiger charge is -2.09. The van der Waals surface area contributed by atoms with Crippen LogP contribution in [-0.2, 0) is 24.4 Å².